The number of aliphatic imine (C=N–C) groups is 1. The van der Waals surface area contributed by atoms with Crippen molar-refractivity contribution in [3.63, 3.8) is 0 Å². The Bertz CT molecular complexity index is 1230. The Labute approximate surface area is 174 Å². The third kappa shape index (κ3) is 3.61. The van der Waals surface area contributed by atoms with Crippen molar-refractivity contribution in [2.75, 3.05) is 0 Å². The fourth-order valence-corrected chi connectivity index (χ4v) is 3.59. The number of aryl methyl sites for hydroxylation is 1. The summed E-state index contributed by atoms with van der Waals surface area (Å²) in [6.07, 6.45) is 1.47. The van der Waals surface area contributed by atoms with Crippen molar-refractivity contribution < 1.29 is 14.6 Å². The Kier molecular flexibility index (Phi) is 4.83. The van der Waals surface area contributed by atoms with E-state index in [0.29, 0.717) is 37.8 Å². The van der Waals surface area contributed by atoms with Gasteiger partial charge < -0.3 is 14.6 Å². The Balaban J connectivity index is 1.66. The summed E-state index contributed by atoms with van der Waals surface area (Å²) in [4.78, 5) is 8.72. The van der Waals surface area contributed by atoms with E-state index in [1.165, 1.54) is 12.3 Å². The monoisotopic (exact) mass is 456 g/mol. The summed E-state index contributed by atoms with van der Waals surface area (Å²) in [6.45, 7) is 1.97. The predicted molar refractivity (Wildman–Crippen MR) is 114 cm³/mol. The minimum atomic E-state index is -0.00516. The molecule has 4 rings (SSSR count). The summed E-state index contributed by atoms with van der Waals surface area (Å²) in [6, 6.07) is 13.8. The van der Waals surface area contributed by atoms with Crippen LogP contribution in [0.15, 0.2) is 62.4 Å². The third-order valence-electron chi connectivity index (χ3n) is 4.17. The van der Waals surface area contributed by atoms with Crippen molar-refractivity contribution >= 4 is 50.5 Å². The topological polar surface area (TPSA) is 78.9 Å². The number of rotatable bonds is 3. The number of fused-ring (bicyclic) bond motifs is 1. The number of benzene rings is 3. The van der Waals surface area contributed by atoms with Crippen molar-refractivity contribution in [2.45, 2.75) is 6.92 Å². The second-order valence-corrected chi connectivity index (χ2v) is 7.57. The first kappa shape index (κ1) is 18.5. The van der Waals surface area contributed by atoms with E-state index < -0.39 is 0 Å². The first-order valence-corrected chi connectivity index (χ1v) is 9.50. The molecule has 0 aliphatic carbocycles. The third-order valence-corrected chi connectivity index (χ3v) is 4.99. The lowest BCUT2D eigenvalue weighted by Crippen LogP contribution is -1.84. The Morgan fingerprint density at radius 1 is 1.11 bits per heavy atom. The zero-order valence-corrected chi connectivity index (χ0v) is 17.0. The molecule has 0 bridgehead atoms. The molecule has 2 N–H and O–H groups in total. The van der Waals surface area contributed by atoms with Crippen LogP contribution in [0.2, 0.25) is 5.02 Å². The van der Waals surface area contributed by atoms with Gasteiger partial charge in [-0.05, 0) is 64.8 Å². The van der Waals surface area contributed by atoms with Gasteiger partial charge in [0, 0.05) is 22.9 Å². The maximum Gasteiger partial charge on any atom is 0.231 e. The molecular formula is C21H14BrClN2O3. The lowest BCUT2D eigenvalue weighted by atomic mass is 10.1. The van der Waals surface area contributed by atoms with Gasteiger partial charge in [-0.1, -0.05) is 17.7 Å². The maximum atomic E-state index is 10.4. The van der Waals surface area contributed by atoms with Gasteiger partial charge in [-0.25, -0.2) is 4.98 Å². The van der Waals surface area contributed by atoms with E-state index in [9.17, 15) is 10.2 Å². The van der Waals surface area contributed by atoms with Crippen molar-refractivity contribution in [1.82, 2.24) is 4.98 Å². The van der Waals surface area contributed by atoms with Crippen LogP contribution in [0.25, 0.3) is 22.6 Å². The molecule has 0 aliphatic rings. The minimum Gasteiger partial charge on any atom is -0.507 e. The molecule has 7 heteroatoms. The molecule has 0 fully saturated rings. The molecule has 1 heterocycles. The first-order valence-electron chi connectivity index (χ1n) is 8.33. The van der Waals surface area contributed by atoms with Crippen LogP contribution in [-0.2, 0) is 0 Å². The van der Waals surface area contributed by atoms with Gasteiger partial charge in [0.2, 0.25) is 5.89 Å². The van der Waals surface area contributed by atoms with Crippen LogP contribution in [0.1, 0.15) is 11.1 Å². The van der Waals surface area contributed by atoms with E-state index in [2.05, 4.69) is 25.9 Å². The molecule has 5 nitrogen and oxygen atoms in total. The summed E-state index contributed by atoms with van der Waals surface area (Å²) in [5, 5.41) is 20.9. The van der Waals surface area contributed by atoms with Gasteiger partial charge in [0.1, 0.15) is 17.0 Å². The second kappa shape index (κ2) is 7.30. The quantitative estimate of drug-likeness (QED) is 0.350. The highest BCUT2D eigenvalue weighted by molar-refractivity contribution is 9.10. The van der Waals surface area contributed by atoms with Gasteiger partial charge in [-0.2, -0.15) is 0 Å². The van der Waals surface area contributed by atoms with Gasteiger partial charge in [0.15, 0.2) is 5.58 Å². The lowest BCUT2D eigenvalue weighted by Gasteiger charge is -2.04. The summed E-state index contributed by atoms with van der Waals surface area (Å²) in [7, 11) is 0. The average Bonchev–Trinajstić information content (AvgIpc) is 3.06. The molecule has 140 valence electrons. The van der Waals surface area contributed by atoms with Crippen LogP contribution in [0.4, 0.5) is 5.69 Å². The highest BCUT2D eigenvalue weighted by Gasteiger charge is 2.13. The Hall–Kier alpha value is -2.83. The van der Waals surface area contributed by atoms with Crippen molar-refractivity contribution in [2.24, 2.45) is 4.99 Å². The molecule has 0 amide bonds. The van der Waals surface area contributed by atoms with Gasteiger partial charge in [0.05, 0.1) is 15.7 Å². The Morgan fingerprint density at radius 2 is 1.93 bits per heavy atom. The van der Waals surface area contributed by atoms with E-state index in [4.69, 9.17) is 16.0 Å². The molecule has 1 aromatic heterocycles. The zero-order valence-electron chi connectivity index (χ0n) is 14.6. The number of aromatic hydroxyl groups is 2. The van der Waals surface area contributed by atoms with Gasteiger partial charge >= 0.3 is 0 Å². The number of hydrogen-bond donors (Lipinski definition) is 2. The first-order chi connectivity index (χ1) is 13.4. The minimum absolute atomic E-state index is 0.00516. The normalized spacial score (nSPS) is 11.5. The second-order valence-electron chi connectivity index (χ2n) is 6.28. The molecule has 0 saturated heterocycles. The van der Waals surface area contributed by atoms with Crippen molar-refractivity contribution in [3.05, 3.63) is 69.2 Å². The molecule has 0 unspecified atom stereocenters. The number of nitrogens with zero attached hydrogens (tertiary/aromatic N) is 2. The van der Waals surface area contributed by atoms with Crippen molar-refractivity contribution in [3.8, 4) is 23.0 Å². The summed E-state index contributed by atoms with van der Waals surface area (Å²) < 4.78 is 6.24. The Morgan fingerprint density at radius 3 is 2.71 bits per heavy atom. The van der Waals surface area contributed by atoms with E-state index in [0.717, 1.165) is 11.1 Å². The summed E-state index contributed by atoms with van der Waals surface area (Å²) in [5.41, 5.74) is 3.89. The fourth-order valence-electron chi connectivity index (χ4n) is 2.76. The maximum absolute atomic E-state index is 10.4. The number of halogens is 2. The van der Waals surface area contributed by atoms with Gasteiger partial charge in [-0.15, -0.1) is 0 Å². The highest BCUT2D eigenvalue weighted by Crippen LogP contribution is 2.35. The molecule has 0 saturated carbocycles. The van der Waals surface area contributed by atoms with E-state index in [-0.39, 0.29) is 11.5 Å². The van der Waals surface area contributed by atoms with Crippen molar-refractivity contribution in [1.29, 1.82) is 0 Å². The molecule has 0 radical (unpaired) electrons. The van der Waals surface area contributed by atoms with Gasteiger partial charge in [-0.3, -0.25) is 4.99 Å². The smallest absolute Gasteiger partial charge is 0.231 e. The summed E-state index contributed by atoms with van der Waals surface area (Å²) in [5.74, 6) is 0.371. The number of phenolic OH excluding ortho intramolecular Hbond substituents is 2. The SMILES string of the molecule is Cc1ccc2nc(-c3ccc(N=Cc4cc(Cl)cc(Br)c4O)cc3O)oc2c1. The average molecular weight is 458 g/mol. The standard InChI is InChI=1S/C21H14BrClN2O3/c1-11-2-5-17-19(6-11)28-21(25-17)15-4-3-14(9-18(15)26)24-10-12-7-13(23)8-16(22)20(12)27/h2-10,26-27H,1H3. The molecular weight excluding hydrogens is 444 g/mol. The molecule has 3 aromatic carbocycles. The van der Waals surface area contributed by atoms with Crippen LogP contribution in [0.5, 0.6) is 11.5 Å². The predicted octanol–water partition coefficient (Wildman–Crippen LogP) is 6.38. The number of oxazole rings is 1. The van der Waals surface area contributed by atoms with Gasteiger partial charge in [0.25, 0.3) is 0 Å². The lowest BCUT2D eigenvalue weighted by molar-refractivity contribution is 0.471. The van der Waals surface area contributed by atoms with Crippen LogP contribution in [-0.4, -0.2) is 21.4 Å². The molecule has 28 heavy (non-hydrogen) atoms. The number of hydrogen-bond acceptors (Lipinski definition) is 5. The molecule has 0 aliphatic heterocycles. The van der Waals surface area contributed by atoms with Crippen LogP contribution in [0, 0.1) is 6.92 Å². The van der Waals surface area contributed by atoms with E-state index in [1.807, 2.05) is 25.1 Å². The molecule has 0 atom stereocenters. The fraction of sp³-hybridized carbons (Fsp3) is 0.0476. The van der Waals surface area contributed by atoms with Crippen LogP contribution in [0.3, 0.4) is 0 Å². The number of phenols is 2. The zero-order chi connectivity index (χ0) is 19.8. The van der Waals surface area contributed by atoms with Crippen LogP contribution < -0.4 is 0 Å². The van der Waals surface area contributed by atoms with E-state index >= 15 is 0 Å². The van der Waals surface area contributed by atoms with Crippen LogP contribution >= 0.6 is 27.5 Å². The molecule has 0 spiro atoms. The summed E-state index contributed by atoms with van der Waals surface area (Å²) >= 11 is 9.24. The van der Waals surface area contributed by atoms with E-state index in [1.54, 1.807) is 24.3 Å². The number of aromatic nitrogens is 1. The highest BCUT2D eigenvalue weighted by atomic mass is 79.9. The molecule has 4 aromatic rings. The largest absolute Gasteiger partial charge is 0.507 e.